The summed E-state index contributed by atoms with van der Waals surface area (Å²) in [5.74, 6) is 0.444. The van der Waals surface area contributed by atoms with Crippen LogP contribution in [0.25, 0.3) is 0 Å². The van der Waals surface area contributed by atoms with Crippen LogP contribution in [0, 0.1) is 0 Å². The maximum atomic E-state index is 5.97. The highest BCUT2D eigenvalue weighted by molar-refractivity contribution is 5.20. The van der Waals surface area contributed by atoms with Crippen molar-refractivity contribution in [2.45, 2.75) is 31.7 Å². The van der Waals surface area contributed by atoms with Gasteiger partial charge in [-0.1, -0.05) is 30.3 Å². The Kier molecular flexibility index (Phi) is 4.63. The first-order valence-corrected chi connectivity index (χ1v) is 5.26. The minimum Gasteiger partial charge on any atom is -0.330 e. The third-order valence-electron chi connectivity index (χ3n) is 2.58. The Labute approximate surface area is 86.3 Å². The summed E-state index contributed by atoms with van der Waals surface area (Å²) in [5, 5.41) is 0. The van der Waals surface area contributed by atoms with Gasteiger partial charge in [0.05, 0.1) is 0 Å². The lowest BCUT2D eigenvalue weighted by Crippen LogP contribution is -2.25. The van der Waals surface area contributed by atoms with E-state index in [0.717, 1.165) is 19.4 Å². The van der Waals surface area contributed by atoms with Gasteiger partial charge in [-0.05, 0) is 37.8 Å². The minimum atomic E-state index is 0.198. The normalized spacial score (nSPS) is 15.1. The van der Waals surface area contributed by atoms with Crippen LogP contribution in [0.1, 0.15) is 31.2 Å². The second-order valence-electron chi connectivity index (χ2n) is 3.81. The van der Waals surface area contributed by atoms with Crippen molar-refractivity contribution in [3.8, 4) is 0 Å². The Morgan fingerprint density at radius 2 is 1.86 bits per heavy atom. The van der Waals surface area contributed by atoms with Crippen LogP contribution in [0.4, 0.5) is 0 Å². The Balaban J connectivity index is 2.68. The van der Waals surface area contributed by atoms with Crippen molar-refractivity contribution in [1.29, 1.82) is 0 Å². The molecule has 2 nitrogen and oxygen atoms in total. The molecule has 2 heteroatoms. The Hall–Kier alpha value is -0.860. The van der Waals surface area contributed by atoms with Crippen molar-refractivity contribution in [3.63, 3.8) is 0 Å². The highest BCUT2D eigenvalue weighted by atomic mass is 14.6. The van der Waals surface area contributed by atoms with E-state index in [4.69, 9.17) is 11.5 Å². The van der Waals surface area contributed by atoms with E-state index < -0.39 is 0 Å². The number of benzene rings is 1. The molecule has 0 aliphatic rings. The fourth-order valence-electron chi connectivity index (χ4n) is 1.77. The number of hydrogen-bond donors (Lipinski definition) is 2. The van der Waals surface area contributed by atoms with E-state index in [2.05, 4.69) is 31.2 Å². The van der Waals surface area contributed by atoms with Crippen LogP contribution in [-0.2, 0) is 0 Å². The molecule has 0 aromatic heterocycles. The van der Waals surface area contributed by atoms with Crippen LogP contribution in [-0.4, -0.2) is 12.6 Å². The lowest BCUT2D eigenvalue weighted by Gasteiger charge is -2.20. The zero-order valence-corrected chi connectivity index (χ0v) is 8.82. The third kappa shape index (κ3) is 3.13. The van der Waals surface area contributed by atoms with Gasteiger partial charge in [0.2, 0.25) is 0 Å². The molecule has 0 saturated carbocycles. The standard InChI is InChI=1S/C12H20N2/c1-10(14)12(8-5-9-13)11-6-3-2-4-7-11/h2-4,6-7,10,12H,5,8-9,13-14H2,1H3. The summed E-state index contributed by atoms with van der Waals surface area (Å²) in [6, 6.07) is 10.6. The second-order valence-corrected chi connectivity index (χ2v) is 3.81. The van der Waals surface area contributed by atoms with E-state index in [1.807, 2.05) is 6.07 Å². The average Bonchev–Trinajstić information content (AvgIpc) is 2.19. The van der Waals surface area contributed by atoms with Gasteiger partial charge < -0.3 is 11.5 Å². The lowest BCUT2D eigenvalue weighted by molar-refractivity contribution is 0.515. The maximum absolute atomic E-state index is 5.97. The minimum absolute atomic E-state index is 0.198. The predicted octanol–water partition coefficient (Wildman–Crippen LogP) is 1.86. The van der Waals surface area contributed by atoms with E-state index in [0.29, 0.717) is 5.92 Å². The molecule has 0 fully saturated rings. The Bertz CT molecular complexity index is 244. The zero-order valence-electron chi connectivity index (χ0n) is 8.82. The van der Waals surface area contributed by atoms with E-state index in [9.17, 15) is 0 Å². The van der Waals surface area contributed by atoms with Crippen LogP contribution < -0.4 is 11.5 Å². The van der Waals surface area contributed by atoms with Gasteiger partial charge in [-0.2, -0.15) is 0 Å². The summed E-state index contributed by atoms with van der Waals surface area (Å²) >= 11 is 0. The molecular weight excluding hydrogens is 172 g/mol. The first kappa shape index (κ1) is 11.2. The molecule has 0 radical (unpaired) electrons. The molecule has 1 aromatic rings. The molecule has 0 spiro atoms. The fraction of sp³-hybridized carbons (Fsp3) is 0.500. The van der Waals surface area contributed by atoms with E-state index in [-0.39, 0.29) is 6.04 Å². The molecular formula is C12H20N2. The van der Waals surface area contributed by atoms with Gasteiger partial charge in [-0.15, -0.1) is 0 Å². The quantitative estimate of drug-likeness (QED) is 0.748. The summed E-state index contributed by atoms with van der Waals surface area (Å²) in [7, 11) is 0. The largest absolute Gasteiger partial charge is 0.330 e. The van der Waals surface area contributed by atoms with Gasteiger partial charge in [-0.25, -0.2) is 0 Å². The number of hydrogen-bond acceptors (Lipinski definition) is 2. The molecule has 1 aromatic carbocycles. The second kappa shape index (κ2) is 5.78. The zero-order chi connectivity index (χ0) is 10.4. The van der Waals surface area contributed by atoms with Crippen molar-refractivity contribution in [2.24, 2.45) is 11.5 Å². The topological polar surface area (TPSA) is 52.0 Å². The van der Waals surface area contributed by atoms with Crippen LogP contribution in [0.15, 0.2) is 30.3 Å². The van der Waals surface area contributed by atoms with Gasteiger partial charge in [0.1, 0.15) is 0 Å². The van der Waals surface area contributed by atoms with Gasteiger partial charge >= 0.3 is 0 Å². The third-order valence-corrected chi connectivity index (χ3v) is 2.58. The molecule has 78 valence electrons. The summed E-state index contributed by atoms with van der Waals surface area (Å²) < 4.78 is 0. The van der Waals surface area contributed by atoms with Crippen molar-refractivity contribution in [2.75, 3.05) is 6.54 Å². The predicted molar refractivity (Wildman–Crippen MR) is 61.1 cm³/mol. The Morgan fingerprint density at radius 3 is 2.36 bits per heavy atom. The molecule has 0 bridgehead atoms. The molecule has 0 heterocycles. The summed E-state index contributed by atoms with van der Waals surface area (Å²) in [5.41, 5.74) is 12.8. The van der Waals surface area contributed by atoms with Gasteiger partial charge in [0.25, 0.3) is 0 Å². The molecule has 14 heavy (non-hydrogen) atoms. The van der Waals surface area contributed by atoms with Crippen LogP contribution >= 0.6 is 0 Å². The fourth-order valence-corrected chi connectivity index (χ4v) is 1.77. The van der Waals surface area contributed by atoms with Gasteiger partial charge in [-0.3, -0.25) is 0 Å². The van der Waals surface area contributed by atoms with Crippen molar-refractivity contribution < 1.29 is 0 Å². The molecule has 0 amide bonds. The maximum Gasteiger partial charge on any atom is 0.00793 e. The van der Waals surface area contributed by atoms with Crippen LogP contribution in [0.3, 0.4) is 0 Å². The van der Waals surface area contributed by atoms with Gasteiger partial charge in [0, 0.05) is 6.04 Å². The van der Waals surface area contributed by atoms with E-state index in [1.54, 1.807) is 0 Å². The van der Waals surface area contributed by atoms with Crippen molar-refractivity contribution in [3.05, 3.63) is 35.9 Å². The average molecular weight is 192 g/mol. The van der Waals surface area contributed by atoms with Crippen LogP contribution in [0.5, 0.6) is 0 Å². The van der Waals surface area contributed by atoms with Crippen LogP contribution in [0.2, 0.25) is 0 Å². The molecule has 0 saturated heterocycles. The first-order valence-electron chi connectivity index (χ1n) is 5.26. The molecule has 2 unspecified atom stereocenters. The van der Waals surface area contributed by atoms with E-state index in [1.165, 1.54) is 5.56 Å². The molecule has 4 N–H and O–H groups in total. The number of rotatable bonds is 5. The summed E-state index contributed by atoms with van der Waals surface area (Å²) in [6.45, 7) is 2.81. The molecule has 2 atom stereocenters. The molecule has 0 aliphatic carbocycles. The van der Waals surface area contributed by atoms with Crippen molar-refractivity contribution in [1.82, 2.24) is 0 Å². The smallest absolute Gasteiger partial charge is 0.00793 e. The molecule has 1 rings (SSSR count). The van der Waals surface area contributed by atoms with E-state index >= 15 is 0 Å². The highest BCUT2D eigenvalue weighted by Gasteiger charge is 2.14. The van der Waals surface area contributed by atoms with Gasteiger partial charge in [0.15, 0.2) is 0 Å². The number of nitrogens with two attached hydrogens (primary N) is 2. The summed E-state index contributed by atoms with van der Waals surface area (Å²) in [6.07, 6.45) is 2.12. The highest BCUT2D eigenvalue weighted by Crippen LogP contribution is 2.23. The first-order chi connectivity index (χ1) is 6.75. The Morgan fingerprint density at radius 1 is 1.21 bits per heavy atom. The monoisotopic (exact) mass is 192 g/mol. The lowest BCUT2D eigenvalue weighted by atomic mass is 9.89. The molecule has 0 aliphatic heterocycles. The SMILES string of the molecule is CC(N)C(CCCN)c1ccccc1. The summed E-state index contributed by atoms with van der Waals surface area (Å²) in [4.78, 5) is 0. The van der Waals surface area contributed by atoms with Crippen molar-refractivity contribution >= 4 is 0 Å².